The Kier molecular flexibility index (Phi) is 8.88. The number of aromatic nitrogens is 1. The fraction of sp³-hybridized carbons (Fsp3) is 0.414. The molecule has 1 fully saturated rings. The van der Waals surface area contributed by atoms with E-state index in [1.54, 1.807) is 48.8 Å². The van der Waals surface area contributed by atoms with Crippen molar-refractivity contribution in [3.05, 3.63) is 64.9 Å². The number of carbonyl (C=O) groups excluding carboxylic acids is 2. The van der Waals surface area contributed by atoms with Gasteiger partial charge in [-0.05, 0) is 70.5 Å². The SMILES string of the molecule is CC(C)(C)OC(=O)N1CCN(C(O)c2cccc(Nc3sc(-c4c(F)cc(C(C)(C)O)cc4F)cc3C(N)=O)n2)CC1. The summed E-state index contributed by atoms with van der Waals surface area (Å²) in [4.78, 5) is 32.5. The van der Waals surface area contributed by atoms with Gasteiger partial charge in [-0.2, -0.15) is 0 Å². The van der Waals surface area contributed by atoms with Crippen LogP contribution in [0.3, 0.4) is 0 Å². The number of rotatable bonds is 7. The third-order valence-corrected chi connectivity index (χ3v) is 7.65. The van der Waals surface area contributed by atoms with Crippen LogP contribution in [-0.4, -0.2) is 68.8 Å². The molecule has 42 heavy (non-hydrogen) atoms. The number of benzene rings is 1. The largest absolute Gasteiger partial charge is 0.444 e. The van der Waals surface area contributed by atoms with E-state index in [0.717, 1.165) is 23.5 Å². The molecule has 2 aromatic heterocycles. The minimum atomic E-state index is -1.45. The fourth-order valence-corrected chi connectivity index (χ4v) is 5.51. The van der Waals surface area contributed by atoms with Crippen molar-refractivity contribution in [3.63, 3.8) is 0 Å². The highest BCUT2D eigenvalue weighted by Crippen LogP contribution is 2.40. The zero-order chi connectivity index (χ0) is 31.0. The highest BCUT2D eigenvalue weighted by Gasteiger charge is 2.30. The predicted octanol–water partition coefficient (Wildman–Crippen LogP) is 4.70. The standard InChI is InChI=1S/C29H35F2N5O5S/c1-28(2,3)41-27(39)36-11-9-35(10-12-36)26(38)20-7-6-8-22(33-20)34-25-17(24(32)37)15-21(42-25)23-18(30)13-16(14-19(23)31)29(4,5)40/h6-8,13-15,26,38,40H,9-12H2,1-5H3,(H2,32,37)(H,33,34). The molecule has 2 amide bonds. The lowest BCUT2D eigenvalue weighted by Gasteiger charge is -2.37. The first-order valence-electron chi connectivity index (χ1n) is 13.3. The smallest absolute Gasteiger partial charge is 0.410 e. The van der Waals surface area contributed by atoms with Gasteiger partial charge < -0.3 is 30.9 Å². The lowest BCUT2D eigenvalue weighted by Crippen LogP contribution is -2.50. The van der Waals surface area contributed by atoms with Crippen LogP contribution in [0, 0.1) is 11.6 Å². The number of carbonyl (C=O) groups is 2. The van der Waals surface area contributed by atoms with Crippen molar-refractivity contribution in [2.75, 3.05) is 31.5 Å². The number of nitrogens with zero attached hydrogens (tertiary/aromatic N) is 3. The maximum absolute atomic E-state index is 15.0. The minimum Gasteiger partial charge on any atom is -0.444 e. The number of nitrogens with one attached hydrogen (secondary N) is 1. The number of halogens is 2. The van der Waals surface area contributed by atoms with Gasteiger partial charge in [-0.3, -0.25) is 9.69 Å². The molecule has 5 N–H and O–H groups in total. The number of amides is 2. The molecule has 226 valence electrons. The number of aliphatic hydroxyl groups excluding tert-OH is 1. The molecular weight excluding hydrogens is 568 g/mol. The van der Waals surface area contributed by atoms with E-state index < -0.39 is 41.1 Å². The number of pyridine rings is 1. The third-order valence-electron chi connectivity index (χ3n) is 6.58. The number of thiophene rings is 1. The molecule has 1 aromatic carbocycles. The zero-order valence-electron chi connectivity index (χ0n) is 24.1. The first kappa shape index (κ1) is 31.3. The molecule has 1 aliphatic rings. The van der Waals surface area contributed by atoms with Crippen LogP contribution in [0.25, 0.3) is 10.4 Å². The molecule has 1 unspecified atom stereocenters. The van der Waals surface area contributed by atoms with Gasteiger partial charge in [0.15, 0.2) is 6.23 Å². The van der Waals surface area contributed by atoms with Crippen molar-refractivity contribution in [1.29, 1.82) is 0 Å². The summed E-state index contributed by atoms with van der Waals surface area (Å²) in [6.07, 6.45) is -1.48. The van der Waals surface area contributed by atoms with Crippen molar-refractivity contribution in [2.45, 2.75) is 52.0 Å². The summed E-state index contributed by atoms with van der Waals surface area (Å²) in [5, 5.41) is 24.4. The van der Waals surface area contributed by atoms with Crippen LogP contribution in [0.15, 0.2) is 36.4 Å². The van der Waals surface area contributed by atoms with Gasteiger partial charge in [0, 0.05) is 31.1 Å². The first-order chi connectivity index (χ1) is 19.5. The number of aliphatic hydroxyl groups is 2. The Morgan fingerprint density at radius 2 is 1.69 bits per heavy atom. The maximum Gasteiger partial charge on any atom is 0.410 e. The Morgan fingerprint density at radius 1 is 1.07 bits per heavy atom. The van der Waals surface area contributed by atoms with Crippen LogP contribution < -0.4 is 11.1 Å². The minimum absolute atomic E-state index is 0.00591. The van der Waals surface area contributed by atoms with Crippen molar-refractivity contribution in [2.24, 2.45) is 5.73 Å². The summed E-state index contributed by atoms with van der Waals surface area (Å²) in [5.41, 5.74) is 3.55. The molecule has 1 atom stereocenters. The highest BCUT2D eigenvalue weighted by molar-refractivity contribution is 7.20. The number of anilines is 2. The maximum atomic E-state index is 15.0. The fourth-order valence-electron chi connectivity index (χ4n) is 4.40. The van der Waals surface area contributed by atoms with E-state index in [1.165, 1.54) is 19.9 Å². The average molecular weight is 604 g/mol. The molecule has 1 saturated heterocycles. The van der Waals surface area contributed by atoms with E-state index in [1.807, 2.05) is 0 Å². The molecule has 10 nitrogen and oxygen atoms in total. The summed E-state index contributed by atoms with van der Waals surface area (Å²) < 4.78 is 35.4. The van der Waals surface area contributed by atoms with Gasteiger partial charge in [0.25, 0.3) is 5.91 Å². The second-order valence-electron chi connectivity index (χ2n) is 11.5. The van der Waals surface area contributed by atoms with Gasteiger partial charge in [-0.25, -0.2) is 18.6 Å². The molecule has 4 rings (SSSR count). The lowest BCUT2D eigenvalue weighted by atomic mass is 9.96. The number of ether oxygens (including phenoxy) is 1. The van der Waals surface area contributed by atoms with Gasteiger partial charge >= 0.3 is 6.09 Å². The van der Waals surface area contributed by atoms with Crippen molar-refractivity contribution >= 4 is 34.2 Å². The number of hydrogen-bond acceptors (Lipinski definition) is 9. The average Bonchev–Trinajstić information content (AvgIpc) is 3.30. The monoisotopic (exact) mass is 603 g/mol. The van der Waals surface area contributed by atoms with Gasteiger partial charge in [0.05, 0.1) is 22.4 Å². The molecule has 3 heterocycles. The number of piperazine rings is 1. The normalized spacial score (nSPS) is 15.4. The van der Waals surface area contributed by atoms with Crippen LogP contribution in [-0.2, 0) is 10.3 Å². The van der Waals surface area contributed by atoms with Gasteiger partial charge in [0.2, 0.25) is 0 Å². The van der Waals surface area contributed by atoms with E-state index in [4.69, 9.17) is 10.5 Å². The second kappa shape index (κ2) is 11.9. The predicted molar refractivity (Wildman–Crippen MR) is 155 cm³/mol. The van der Waals surface area contributed by atoms with Crippen LogP contribution in [0.1, 0.15) is 62.5 Å². The van der Waals surface area contributed by atoms with E-state index in [2.05, 4.69) is 10.3 Å². The van der Waals surface area contributed by atoms with Crippen molar-refractivity contribution < 1.29 is 33.3 Å². The summed E-state index contributed by atoms with van der Waals surface area (Å²) in [7, 11) is 0. The molecule has 13 heteroatoms. The summed E-state index contributed by atoms with van der Waals surface area (Å²) >= 11 is 0.910. The van der Waals surface area contributed by atoms with Gasteiger partial charge in [0.1, 0.15) is 28.1 Å². The molecule has 0 radical (unpaired) electrons. The number of nitrogens with two attached hydrogens (primary N) is 1. The van der Waals surface area contributed by atoms with Gasteiger partial charge in [-0.1, -0.05) is 6.07 Å². The number of hydrogen-bond donors (Lipinski definition) is 4. The van der Waals surface area contributed by atoms with Crippen LogP contribution in [0.5, 0.6) is 0 Å². The summed E-state index contributed by atoms with van der Waals surface area (Å²) in [5.74, 6) is -2.34. The Hall–Kier alpha value is -3.65. The molecule has 3 aromatic rings. The van der Waals surface area contributed by atoms with Gasteiger partial charge in [-0.15, -0.1) is 11.3 Å². The molecular formula is C29H35F2N5O5S. The van der Waals surface area contributed by atoms with Crippen molar-refractivity contribution in [3.8, 4) is 10.4 Å². The third kappa shape index (κ3) is 7.21. The highest BCUT2D eigenvalue weighted by atomic mass is 32.1. The van der Waals surface area contributed by atoms with E-state index >= 15 is 8.78 Å². The molecule has 0 spiro atoms. The Balaban J connectivity index is 1.52. The Labute approximate surface area is 246 Å². The Bertz CT molecular complexity index is 1450. The Morgan fingerprint density at radius 3 is 2.24 bits per heavy atom. The molecule has 0 aliphatic carbocycles. The lowest BCUT2D eigenvalue weighted by molar-refractivity contribution is -0.0372. The topological polar surface area (TPSA) is 141 Å². The molecule has 0 saturated carbocycles. The first-order valence-corrected chi connectivity index (χ1v) is 14.1. The summed E-state index contributed by atoms with van der Waals surface area (Å²) in [6, 6.07) is 8.31. The van der Waals surface area contributed by atoms with E-state index in [-0.39, 0.29) is 32.4 Å². The second-order valence-corrected chi connectivity index (χ2v) is 12.6. The van der Waals surface area contributed by atoms with E-state index in [0.29, 0.717) is 31.9 Å². The van der Waals surface area contributed by atoms with Crippen LogP contribution in [0.2, 0.25) is 0 Å². The van der Waals surface area contributed by atoms with Crippen molar-refractivity contribution in [1.82, 2.24) is 14.8 Å². The zero-order valence-corrected chi connectivity index (χ0v) is 24.9. The molecule has 0 bridgehead atoms. The van der Waals surface area contributed by atoms with Crippen LogP contribution >= 0.6 is 11.3 Å². The number of primary amides is 1. The quantitative estimate of drug-likeness (QED) is 0.305. The van der Waals surface area contributed by atoms with Crippen LogP contribution in [0.4, 0.5) is 24.4 Å². The van der Waals surface area contributed by atoms with E-state index in [9.17, 15) is 19.8 Å². The molecule has 1 aliphatic heterocycles. The summed E-state index contributed by atoms with van der Waals surface area (Å²) in [6.45, 7) is 9.75.